The van der Waals surface area contributed by atoms with Crippen molar-refractivity contribution in [1.29, 1.82) is 0 Å². The minimum absolute atomic E-state index is 0.215. The molecule has 4 nitrogen and oxygen atoms in total. The van der Waals surface area contributed by atoms with Gasteiger partial charge in [-0.3, -0.25) is 0 Å². The molecular formula is C14H29N3OS. The summed E-state index contributed by atoms with van der Waals surface area (Å²) in [4.78, 5) is 0. The molecule has 4 N–H and O–H groups in total. The van der Waals surface area contributed by atoms with Crippen molar-refractivity contribution in [2.45, 2.75) is 63.7 Å². The molecule has 112 valence electrons. The second kappa shape index (κ2) is 8.00. The van der Waals surface area contributed by atoms with Crippen LogP contribution in [0.25, 0.3) is 0 Å². The molecule has 19 heavy (non-hydrogen) atoms. The number of amidine groups is 1. The molecule has 0 bridgehead atoms. The van der Waals surface area contributed by atoms with Crippen molar-refractivity contribution in [2.24, 2.45) is 16.3 Å². The van der Waals surface area contributed by atoms with Crippen molar-refractivity contribution in [2.75, 3.05) is 12.8 Å². The molecule has 0 atom stereocenters. The first-order chi connectivity index (χ1) is 8.99. The minimum atomic E-state index is -0.215. The molecular weight excluding hydrogens is 258 g/mol. The van der Waals surface area contributed by atoms with Crippen molar-refractivity contribution in [3.05, 3.63) is 0 Å². The van der Waals surface area contributed by atoms with E-state index in [0.29, 0.717) is 11.9 Å². The molecule has 0 aromatic carbocycles. The molecule has 0 radical (unpaired) electrons. The van der Waals surface area contributed by atoms with Gasteiger partial charge >= 0.3 is 0 Å². The molecule has 5 heteroatoms. The second-order valence-corrected chi connectivity index (χ2v) is 7.27. The van der Waals surface area contributed by atoms with Crippen LogP contribution in [0.4, 0.5) is 0 Å². The first-order valence-electron chi connectivity index (χ1n) is 7.24. The van der Waals surface area contributed by atoms with Gasteiger partial charge in [0.15, 0.2) is 0 Å². The van der Waals surface area contributed by atoms with Gasteiger partial charge in [-0.15, -0.1) is 0 Å². The highest BCUT2D eigenvalue weighted by molar-refractivity contribution is 7.99. The summed E-state index contributed by atoms with van der Waals surface area (Å²) in [6, 6.07) is 0.690. The third-order valence-corrected chi connectivity index (χ3v) is 5.36. The SMILES string of the molecule is CSC1CCC(NCCCC(C)(C)C(N)=NO)CC1. The van der Waals surface area contributed by atoms with Gasteiger partial charge < -0.3 is 16.3 Å². The van der Waals surface area contributed by atoms with E-state index in [-0.39, 0.29) is 5.41 Å². The first kappa shape index (κ1) is 16.6. The van der Waals surface area contributed by atoms with Crippen molar-refractivity contribution in [3.63, 3.8) is 0 Å². The first-order valence-corrected chi connectivity index (χ1v) is 8.52. The summed E-state index contributed by atoms with van der Waals surface area (Å²) in [6.45, 7) is 5.06. The van der Waals surface area contributed by atoms with E-state index in [0.717, 1.165) is 24.6 Å². The Labute approximate surface area is 121 Å². The zero-order valence-corrected chi connectivity index (χ0v) is 13.3. The molecule has 1 saturated carbocycles. The molecule has 1 fully saturated rings. The van der Waals surface area contributed by atoms with E-state index < -0.39 is 0 Å². The van der Waals surface area contributed by atoms with E-state index in [2.05, 4.69) is 16.7 Å². The van der Waals surface area contributed by atoms with E-state index in [9.17, 15) is 0 Å². The van der Waals surface area contributed by atoms with Crippen LogP contribution in [0, 0.1) is 5.41 Å². The maximum absolute atomic E-state index is 8.72. The van der Waals surface area contributed by atoms with E-state index >= 15 is 0 Å². The van der Waals surface area contributed by atoms with Gasteiger partial charge in [0.25, 0.3) is 0 Å². The highest BCUT2D eigenvalue weighted by Crippen LogP contribution is 2.27. The third-order valence-electron chi connectivity index (χ3n) is 4.22. The summed E-state index contributed by atoms with van der Waals surface area (Å²) >= 11 is 2.01. The molecule has 0 saturated heterocycles. The van der Waals surface area contributed by atoms with Gasteiger partial charge in [0.05, 0.1) is 0 Å². The molecule has 0 spiro atoms. The topological polar surface area (TPSA) is 70.6 Å². The highest BCUT2D eigenvalue weighted by atomic mass is 32.2. The lowest BCUT2D eigenvalue weighted by molar-refractivity contribution is 0.303. The van der Waals surface area contributed by atoms with Crippen LogP contribution in [0.1, 0.15) is 52.4 Å². The maximum Gasteiger partial charge on any atom is 0.144 e. The summed E-state index contributed by atoms with van der Waals surface area (Å²) < 4.78 is 0. The quantitative estimate of drug-likeness (QED) is 0.221. The van der Waals surface area contributed by atoms with Gasteiger partial charge in [0.2, 0.25) is 0 Å². The number of nitrogens with two attached hydrogens (primary N) is 1. The summed E-state index contributed by atoms with van der Waals surface area (Å²) in [6.07, 6.45) is 9.50. The monoisotopic (exact) mass is 287 g/mol. The number of nitrogens with one attached hydrogen (secondary N) is 1. The largest absolute Gasteiger partial charge is 0.409 e. The fourth-order valence-corrected chi connectivity index (χ4v) is 3.35. The Bertz CT molecular complexity index is 286. The Morgan fingerprint density at radius 2 is 2.00 bits per heavy atom. The Morgan fingerprint density at radius 1 is 1.37 bits per heavy atom. The lowest BCUT2D eigenvalue weighted by Crippen LogP contribution is -2.36. The van der Waals surface area contributed by atoms with Crippen LogP contribution < -0.4 is 11.1 Å². The Kier molecular flexibility index (Phi) is 7.00. The lowest BCUT2D eigenvalue weighted by Gasteiger charge is -2.29. The van der Waals surface area contributed by atoms with Crippen molar-refractivity contribution >= 4 is 17.6 Å². The van der Waals surface area contributed by atoms with Crippen molar-refractivity contribution in [3.8, 4) is 0 Å². The van der Waals surface area contributed by atoms with E-state index in [1.165, 1.54) is 25.7 Å². The van der Waals surface area contributed by atoms with Crippen molar-refractivity contribution < 1.29 is 5.21 Å². The normalized spacial score (nSPS) is 25.5. The molecule has 1 aliphatic carbocycles. The van der Waals surface area contributed by atoms with Gasteiger partial charge in [-0.25, -0.2) is 0 Å². The summed E-state index contributed by atoms with van der Waals surface area (Å²) in [7, 11) is 0. The smallest absolute Gasteiger partial charge is 0.144 e. The molecule has 0 heterocycles. The average molecular weight is 287 g/mol. The number of oxime groups is 1. The number of rotatable bonds is 7. The van der Waals surface area contributed by atoms with E-state index in [4.69, 9.17) is 10.9 Å². The molecule has 0 aromatic rings. The Morgan fingerprint density at radius 3 is 2.53 bits per heavy atom. The van der Waals surface area contributed by atoms with Gasteiger partial charge in [-0.05, 0) is 51.3 Å². The number of hydrogen-bond donors (Lipinski definition) is 3. The van der Waals surface area contributed by atoms with Crippen LogP contribution >= 0.6 is 11.8 Å². The van der Waals surface area contributed by atoms with E-state index in [1.807, 2.05) is 25.6 Å². The van der Waals surface area contributed by atoms with E-state index in [1.54, 1.807) is 0 Å². The summed E-state index contributed by atoms with van der Waals surface area (Å²) in [5, 5.41) is 16.4. The van der Waals surface area contributed by atoms with Crippen molar-refractivity contribution in [1.82, 2.24) is 5.32 Å². The lowest BCUT2D eigenvalue weighted by atomic mass is 9.86. The fraction of sp³-hybridized carbons (Fsp3) is 0.929. The van der Waals surface area contributed by atoms with Crippen LogP contribution in [0.5, 0.6) is 0 Å². The maximum atomic E-state index is 8.72. The molecule has 1 rings (SSSR count). The fourth-order valence-electron chi connectivity index (χ4n) is 2.60. The molecule has 1 aliphatic rings. The molecule has 0 amide bonds. The van der Waals surface area contributed by atoms with Gasteiger partial charge in [0, 0.05) is 16.7 Å². The zero-order chi connectivity index (χ0) is 14.3. The second-order valence-electron chi connectivity index (χ2n) is 6.14. The minimum Gasteiger partial charge on any atom is -0.409 e. The predicted octanol–water partition coefficient (Wildman–Crippen LogP) is 2.80. The standard InChI is InChI=1S/C14H29N3OS/c1-14(2,13(15)17-18)9-4-10-16-11-5-7-12(19-3)8-6-11/h11-12,16,18H,4-10H2,1-3H3,(H2,15,17). The van der Waals surface area contributed by atoms with Crippen LogP contribution in [0.2, 0.25) is 0 Å². The van der Waals surface area contributed by atoms with Crippen LogP contribution in [0.3, 0.4) is 0 Å². The van der Waals surface area contributed by atoms with Gasteiger partial charge in [0.1, 0.15) is 5.84 Å². The van der Waals surface area contributed by atoms with Crippen LogP contribution in [-0.4, -0.2) is 35.1 Å². The average Bonchev–Trinajstić information content (AvgIpc) is 2.43. The van der Waals surface area contributed by atoms with Crippen LogP contribution in [0.15, 0.2) is 5.16 Å². The number of nitrogens with zero attached hydrogens (tertiary/aromatic N) is 1. The summed E-state index contributed by atoms with van der Waals surface area (Å²) in [5.74, 6) is 0.327. The highest BCUT2D eigenvalue weighted by Gasteiger charge is 2.23. The molecule has 0 unspecified atom stereocenters. The predicted molar refractivity (Wildman–Crippen MR) is 84.0 cm³/mol. The van der Waals surface area contributed by atoms with Gasteiger partial charge in [-0.1, -0.05) is 19.0 Å². The zero-order valence-electron chi connectivity index (χ0n) is 12.5. The number of hydrogen-bond acceptors (Lipinski definition) is 4. The Balaban J connectivity index is 2.15. The van der Waals surface area contributed by atoms with Crippen LogP contribution in [-0.2, 0) is 0 Å². The summed E-state index contributed by atoms with van der Waals surface area (Å²) in [5.41, 5.74) is 5.47. The Hall–Kier alpha value is -0.420. The third kappa shape index (κ3) is 5.61. The molecule has 0 aromatic heterocycles. The molecule has 0 aliphatic heterocycles. The number of thioether (sulfide) groups is 1. The van der Waals surface area contributed by atoms with Gasteiger partial charge in [-0.2, -0.15) is 11.8 Å².